The first-order chi connectivity index (χ1) is 13.0. The van der Waals surface area contributed by atoms with Crippen molar-refractivity contribution < 1.29 is 19.7 Å². The first-order valence-electron chi connectivity index (χ1n) is 10.8. The first kappa shape index (κ1) is 17.9. The minimum Gasteiger partial charge on any atom is -0.458 e. The van der Waals surface area contributed by atoms with Gasteiger partial charge in [0.1, 0.15) is 6.61 Å². The molecule has 2 N–H and O–H groups in total. The maximum atomic E-state index is 11.6. The Hall–Kier alpha value is -1.13. The van der Waals surface area contributed by atoms with Gasteiger partial charge in [0.2, 0.25) is 0 Å². The summed E-state index contributed by atoms with van der Waals surface area (Å²) in [6.45, 7) is 3.14. The molecule has 27 heavy (non-hydrogen) atoms. The zero-order valence-electron chi connectivity index (χ0n) is 16.3. The van der Waals surface area contributed by atoms with E-state index in [0.717, 1.165) is 44.9 Å². The Morgan fingerprint density at radius 1 is 1.22 bits per heavy atom. The molecular weight excluding hydrogens is 340 g/mol. The molecule has 0 bridgehead atoms. The van der Waals surface area contributed by atoms with Crippen LogP contribution in [0.4, 0.5) is 0 Å². The molecule has 0 unspecified atom stereocenters. The second-order valence-corrected chi connectivity index (χ2v) is 10.0. The van der Waals surface area contributed by atoms with Crippen LogP contribution in [0.15, 0.2) is 23.3 Å². The van der Waals surface area contributed by atoms with E-state index in [-0.39, 0.29) is 29.5 Å². The SMILES string of the molecule is C[C@]12CC[C@@H]3[C@H](CC[C@@H]4C[C@H](O)CC[C@]43CO)C1=CC[C@H]2C1=CC(=O)OC1. The van der Waals surface area contributed by atoms with E-state index in [1.807, 2.05) is 0 Å². The van der Waals surface area contributed by atoms with Crippen LogP contribution >= 0.6 is 0 Å². The van der Waals surface area contributed by atoms with Crippen molar-refractivity contribution in [3.63, 3.8) is 0 Å². The number of carbonyl (C=O) groups is 1. The highest BCUT2D eigenvalue weighted by molar-refractivity contribution is 5.85. The average molecular weight is 373 g/mol. The number of aliphatic hydroxyl groups excluding tert-OH is 2. The molecular formula is C23H32O4. The molecule has 0 amide bonds. The number of rotatable bonds is 2. The number of esters is 1. The third-order valence-corrected chi connectivity index (χ3v) is 9.17. The van der Waals surface area contributed by atoms with Gasteiger partial charge in [0.25, 0.3) is 0 Å². The summed E-state index contributed by atoms with van der Waals surface area (Å²) < 4.78 is 5.21. The van der Waals surface area contributed by atoms with Gasteiger partial charge in [0.05, 0.1) is 6.10 Å². The van der Waals surface area contributed by atoms with Gasteiger partial charge in [0, 0.05) is 12.7 Å². The van der Waals surface area contributed by atoms with Gasteiger partial charge in [-0.05, 0) is 91.4 Å². The van der Waals surface area contributed by atoms with Crippen LogP contribution in [0, 0.1) is 34.5 Å². The highest BCUT2D eigenvalue weighted by Gasteiger charge is 2.59. The molecule has 0 aromatic heterocycles. The largest absolute Gasteiger partial charge is 0.458 e. The minimum absolute atomic E-state index is 0.00804. The number of cyclic esters (lactones) is 1. The number of ether oxygens (including phenoxy) is 1. The summed E-state index contributed by atoms with van der Waals surface area (Å²) in [6, 6.07) is 0. The van der Waals surface area contributed by atoms with Gasteiger partial charge in [-0.15, -0.1) is 0 Å². The predicted octanol–water partition coefficient (Wildman–Crippen LogP) is 3.38. The van der Waals surface area contributed by atoms with Crippen molar-refractivity contribution in [1.29, 1.82) is 0 Å². The Morgan fingerprint density at radius 2 is 2.07 bits per heavy atom. The Balaban J connectivity index is 1.45. The lowest BCUT2D eigenvalue weighted by Gasteiger charge is -2.60. The van der Waals surface area contributed by atoms with E-state index in [1.54, 1.807) is 11.6 Å². The lowest BCUT2D eigenvalue weighted by atomic mass is 9.45. The normalized spacial score (nSPS) is 48.9. The van der Waals surface area contributed by atoms with Crippen molar-refractivity contribution in [3.05, 3.63) is 23.3 Å². The van der Waals surface area contributed by atoms with Crippen LogP contribution < -0.4 is 0 Å². The fourth-order valence-corrected chi connectivity index (χ4v) is 7.82. The molecule has 3 saturated carbocycles. The van der Waals surface area contributed by atoms with Gasteiger partial charge in [-0.25, -0.2) is 4.79 Å². The monoisotopic (exact) mass is 372 g/mol. The van der Waals surface area contributed by atoms with Crippen molar-refractivity contribution >= 4 is 5.97 Å². The molecule has 1 heterocycles. The highest BCUT2D eigenvalue weighted by Crippen LogP contribution is 2.66. The van der Waals surface area contributed by atoms with Crippen LogP contribution in [0.2, 0.25) is 0 Å². The maximum absolute atomic E-state index is 11.6. The molecule has 5 rings (SSSR count). The van der Waals surface area contributed by atoms with Crippen LogP contribution in [-0.4, -0.2) is 35.5 Å². The zero-order valence-corrected chi connectivity index (χ0v) is 16.3. The number of fused-ring (bicyclic) bond motifs is 5. The first-order valence-corrected chi connectivity index (χ1v) is 10.8. The third-order valence-electron chi connectivity index (χ3n) is 9.17. The lowest BCUT2D eigenvalue weighted by Crippen LogP contribution is -2.55. The van der Waals surface area contributed by atoms with E-state index in [0.29, 0.717) is 30.3 Å². The van der Waals surface area contributed by atoms with Crippen LogP contribution in [-0.2, 0) is 9.53 Å². The topological polar surface area (TPSA) is 66.8 Å². The minimum atomic E-state index is -0.184. The van der Waals surface area contributed by atoms with Crippen molar-refractivity contribution in [2.45, 2.75) is 64.4 Å². The number of allylic oxidation sites excluding steroid dienone is 2. The van der Waals surface area contributed by atoms with Crippen molar-refractivity contribution in [1.82, 2.24) is 0 Å². The van der Waals surface area contributed by atoms with Gasteiger partial charge < -0.3 is 14.9 Å². The predicted molar refractivity (Wildman–Crippen MR) is 102 cm³/mol. The standard InChI is InChI=1S/C23H32O4/c1-22-8-7-20-17(3-2-15-11-16(25)6-9-23(15,20)13-24)19(22)5-4-18(22)14-10-21(26)27-12-14/h5,10,15-18,20,24-25H,2-4,6-9,11-13H2,1H3/t15-,16-,17-,18+,20-,22-,23+/m1/s1. The molecule has 1 aliphatic heterocycles. The smallest absolute Gasteiger partial charge is 0.331 e. The summed E-state index contributed by atoms with van der Waals surface area (Å²) in [5.41, 5.74) is 2.92. The summed E-state index contributed by atoms with van der Waals surface area (Å²) in [5.74, 6) is 1.79. The summed E-state index contributed by atoms with van der Waals surface area (Å²) >= 11 is 0. The van der Waals surface area contributed by atoms with Crippen LogP contribution in [0.25, 0.3) is 0 Å². The van der Waals surface area contributed by atoms with Crippen LogP contribution in [0.5, 0.6) is 0 Å². The number of hydrogen-bond acceptors (Lipinski definition) is 4. The fourth-order valence-electron chi connectivity index (χ4n) is 7.82. The van der Waals surface area contributed by atoms with Gasteiger partial charge in [-0.1, -0.05) is 18.6 Å². The van der Waals surface area contributed by atoms with Crippen LogP contribution in [0.1, 0.15) is 58.3 Å². The van der Waals surface area contributed by atoms with E-state index < -0.39 is 0 Å². The molecule has 3 fully saturated rings. The summed E-state index contributed by atoms with van der Waals surface area (Å²) in [7, 11) is 0. The summed E-state index contributed by atoms with van der Waals surface area (Å²) in [6.07, 6.45) is 12.3. The second kappa shape index (κ2) is 6.18. The molecule has 0 spiro atoms. The van der Waals surface area contributed by atoms with Gasteiger partial charge in [-0.3, -0.25) is 0 Å². The molecule has 0 saturated heterocycles. The molecule has 148 valence electrons. The number of hydrogen-bond donors (Lipinski definition) is 2. The Labute approximate surface area is 161 Å². The van der Waals surface area contributed by atoms with Crippen molar-refractivity contribution in [2.75, 3.05) is 13.2 Å². The molecule has 0 radical (unpaired) electrons. The molecule has 7 atom stereocenters. The van der Waals surface area contributed by atoms with E-state index >= 15 is 0 Å². The molecule has 5 aliphatic rings. The second-order valence-electron chi connectivity index (χ2n) is 10.0. The molecule has 4 heteroatoms. The van der Waals surface area contributed by atoms with E-state index in [1.165, 1.54) is 12.0 Å². The summed E-state index contributed by atoms with van der Waals surface area (Å²) in [5, 5.41) is 20.7. The Kier molecular flexibility index (Phi) is 4.11. The zero-order chi connectivity index (χ0) is 18.8. The van der Waals surface area contributed by atoms with Gasteiger partial charge in [-0.2, -0.15) is 0 Å². The quantitative estimate of drug-likeness (QED) is 0.576. The highest BCUT2D eigenvalue weighted by atomic mass is 16.5. The van der Waals surface area contributed by atoms with Gasteiger partial charge in [0.15, 0.2) is 0 Å². The third kappa shape index (κ3) is 2.45. The summed E-state index contributed by atoms with van der Waals surface area (Å²) in [4.78, 5) is 11.6. The Bertz CT molecular complexity index is 709. The maximum Gasteiger partial charge on any atom is 0.331 e. The molecule has 0 aromatic rings. The van der Waals surface area contributed by atoms with E-state index in [4.69, 9.17) is 4.74 Å². The fraction of sp³-hybridized carbons (Fsp3) is 0.783. The molecule has 0 aromatic carbocycles. The van der Waals surface area contributed by atoms with Crippen LogP contribution in [0.3, 0.4) is 0 Å². The average Bonchev–Trinajstić information content (AvgIpc) is 3.23. The van der Waals surface area contributed by atoms with Crippen molar-refractivity contribution in [3.8, 4) is 0 Å². The number of carbonyl (C=O) groups excluding carboxylic acids is 1. The van der Waals surface area contributed by atoms with E-state index in [2.05, 4.69) is 13.0 Å². The molecule has 4 aliphatic carbocycles. The van der Waals surface area contributed by atoms with E-state index in [9.17, 15) is 15.0 Å². The Morgan fingerprint density at radius 3 is 2.81 bits per heavy atom. The number of aliphatic hydroxyl groups is 2. The van der Waals surface area contributed by atoms with Gasteiger partial charge >= 0.3 is 5.97 Å². The lowest BCUT2D eigenvalue weighted by molar-refractivity contribution is -0.135. The molecule has 4 nitrogen and oxygen atoms in total. The van der Waals surface area contributed by atoms with Crippen molar-refractivity contribution in [2.24, 2.45) is 34.5 Å².